The van der Waals surface area contributed by atoms with Gasteiger partial charge in [0.05, 0.1) is 11.9 Å². The molecule has 1 aromatic carbocycles. The Kier molecular flexibility index (Phi) is 9.58. The van der Waals surface area contributed by atoms with Gasteiger partial charge < -0.3 is 19.9 Å². The van der Waals surface area contributed by atoms with E-state index in [1.807, 2.05) is 57.2 Å². The topological polar surface area (TPSA) is 102 Å². The monoisotopic (exact) mass is 599 g/mol. The van der Waals surface area contributed by atoms with E-state index in [4.69, 9.17) is 9.47 Å². The number of alkyl carbamates (subject to hydrolysis) is 1. The Bertz CT molecular complexity index is 1170. The number of ketones is 1. The van der Waals surface area contributed by atoms with Crippen molar-refractivity contribution >= 4 is 29.6 Å². The largest absolute Gasteiger partial charge is 0.461 e. The minimum absolute atomic E-state index is 0.0661. The van der Waals surface area contributed by atoms with Gasteiger partial charge in [-0.3, -0.25) is 9.59 Å². The average Bonchev–Trinajstić information content (AvgIpc) is 3.33. The Balaban J connectivity index is 1.44. The summed E-state index contributed by atoms with van der Waals surface area (Å²) in [6.07, 6.45) is 3.61. The highest BCUT2D eigenvalue weighted by molar-refractivity contribution is 8.01. The summed E-state index contributed by atoms with van der Waals surface area (Å²) < 4.78 is 11.2. The smallest absolute Gasteiger partial charge is 0.407 e. The lowest BCUT2D eigenvalue weighted by atomic mass is 9.44. The number of hydrogen-bond acceptors (Lipinski definition) is 7. The van der Waals surface area contributed by atoms with Crippen molar-refractivity contribution in [1.29, 1.82) is 0 Å². The number of aliphatic hydroxyl groups excluding tert-OH is 1. The molecule has 0 spiro atoms. The minimum atomic E-state index is -0.691. The third-order valence-electron chi connectivity index (χ3n) is 11.0. The fourth-order valence-corrected chi connectivity index (χ4v) is 8.81. The van der Waals surface area contributed by atoms with Crippen LogP contribution in [0.25, 0.3) is 0 Å². The van der Waals surface area contributed by atoms with E-state index in [0.717, 1.165) is 24.8 Å². The molecular weight excluding hydrogens is 550 g/mol. The summed E-state index contributed by atoms with van der Waals surface area (Å²) in [5, 5.41) is 14.5. The molecule has 4 rings (SSSR count). The summed E-state index contributed by atoms with van der Waals surface area (Å²) in [4.78, 5) is 39.3. The van der Waals surface area contributed by atoms with Gasteiger partial charge in [0.15, 0.2) is 0 Å². The number of hydrogen-bond donors (Lipinski definition) is 2. The molecule has 8 heteroatoms. The Morgan fingerprint density at radius 3 is 2.55 bits per heavy atom. The van der Waals surface area contributed by atoms with Gasteiger partial charge >= 0.3 is 12.1 Å². The number of ether oxygens (including phenoxy) is 2. The highest BCUT2D eigenvalue weighted by Gasteiger charge is 2.68. The quantitative estimate of drug-likeness (QED) is 0.253. The summed E-state index contributed by atoms with van der Waals surface area (Å²) in [7, 11) is 0. The zero-order chi connectivity index (χ0) is 30.9. The Morgan fingerprint density at radius 1 is 1.19 bits per heavy atom. The molecule has 3 saturated carbocycles. The van der Waals surface area contributed by atoms with Crippen LogP contribution in [0, 0.1) is 34.0 Å². The molecule has 2 N–H and O–H groups in total. The first-order valence-electron chi connectivity index (χ1n) is 15.3. The number of carbonyl (C=O) groups is 3. The fraction of sp³-hybridized carbons (Fsp3) is 0.676. The van der Waals surface area contributed by atoms with Crippen molar-refractivity contribution < 1.29 is 29.0 Å². The number of benzene rings is 1. The summed E-state index contributed by atoms with van der Waals surface area (Å²) in [6, 6.07) is 9.48. The van der Waals surface area contributed by atoms with Crippen LogP contribution in [-0.2, 0) is 25.7 Å². The number of rotatable bonds is 9. The van der Waals surface area contributed by atoms with Gasteiger partial charge in [-0.15, -0.1) is 18.3 Å². The van der Waals surface area contributed by atoms with E-state index in [1.54, 1.807) is 0 Å². The zero-order valence-corrected chi connectivity index (χ0v) is 26.9. The van der Waals surface area contributed by atoms with Crippen LogP contribution < -0.4 is 5.32 Å². The predicted molar refractivity (Wildman–Crippen MR) is 166 cm³/mol. The maximum atomic E-state index is 13.6. The van der Waals surface area contributed by atoms with Crippen LogP contribution in [0.1, 0.15) is 79.2 Å². The van der Waals surface area contributed by atoms with Crippen LogP contribution in [0.4, 0.5) is 4.79 Å². The summed E-state index contributed by atoms with van der Waals surface area (Å²) in [6.45, 7) is 16.9. The molecule has 0 radical (unpaired) electrons. The minimum Gasteiger partial charge on any atom is -0.461 e. The van der Waals surface area contributed by atoms with Crippen LogP contribution in [0.15, 0.2) is 43.0 Å². The van der Waals surface area contributed by atoms with Gasteiger partial charge in [0.1, 0.15) is 18.5 Å². The van der Waals surface area contributed by atoms with Crippen molar-refractivity contribution in [3.05, 3.63) is 48.6 Å². The molecule has 0 aromatic heterocycles. The predicted octanol–water partition coefficient (Wildman–Crippen LogP) is 6.33. The Morgan fingerprint density at radius 2 is 1.88 bits per heavy atom. The van der Waals surface area contributed by atoms with Crippen molar-refractivity contribution in [2.24, 2.45) is 34.0 Å². The molecule has 3 aliphatic rings. The molecular formula is C34H49NO6S. The number of carbonyl (C=O) groups excluding carboxylic acids is 3. The third kappa shape index (κ3) is 6.17. The number of aliphatic hydroxyl groups is 1. The lowest BCUT2D eigenvalue weighted by Crippen LogP contribution is -2.63. The van der Waals surface area contributed by atoms with E-state index >= 15 is 0 Å². The molecule has 1 aromatic rings. The van der Waals surface area contributed by atoms with Gasteiger partial charge in [-0.1, -0.05) is 64.1 Å². The van der Waals surface area contributed by atoms with E-state index in [1.165, 1.54) is 11.8 Å². The molecule has 0 aliphatic heterocycles. The first kappa shape index (κ1) is 32.6. The molecule has 0 saturated heterocycles. The molecule has 1 amide bonds. The maximum absolute atomic E-state index is 13.6. The van der Waals surface area contributed by atoms with Crippen LogP contribution in [0.3, 0.4) is 0 Å². The van der Waals surface area contributed by atoms with E-state index in [-0.39, 0.29) is 47.3 Å². The van der Waals surface area contributed by atoms with E-state index in [2.05, 4.69) is 32.7 Å². The van der Waals surface area contributed by atoms with Crippen molar-refractivity contribution in [2.75, 3.05) is 12.3 Å². The number of esters is 1. The summed E-state index contributed by atoms with van der Waals surface area (Å²) in [5.41, 5.74) is -0.595. The highest BCUT2D eigenvalue weighted by Crippen LogP contribution is 2.68. The second-order valence-corrected chi connectivity index (χ2v) is 15.7. The van der Waals surface area contributed by atoms with E-state index in [0.29, 0.717) is 19.4 Å². The molecule has 232 valence electrons. The molecule has 3 aliphatic carbocycles. The molecule has 0 unspecified atom stereocenters. The molecule has 42 heavy (non-hydrogen) atoms. The zero-order valence-electron chi connectivity index (χ0n) is 26.1. The number of nitrogens with one attached hydrogen (secondary N) is 1. The van der Waals surface area contributed by atoms with Crippen molar-refractivity contribution in [3.8, 4) is 0 Å². The van der Waals surface area contributed by atoms with Gasteiger partial charge in [0.25, 0.3) is 0 Å². The van der Waals surface area contributed by atoms with Crippen LogP contribution in [0.2, 0.25) is 0 Å². The highest BCUT2D eigenvalue weighted by atomic mass is 32.2. The lowest BCUT2D eigenvalue weighted by molar-refractivity contribution is -0.205. The first-order chi connectivity index (χ1) is 19.7. The Labute approximate surface area is 255 Å². The average molecular weight is 600 g/mol. The molecule has 2 bridgehead atoms. The van der Waals surface area contributed by atoms with Crippen LogP contribution >= 0.6 is 11.8 Å². The van der Waals surface area contributed by atoms with Gasteiger partial charge in [0.2, 0.25) is 0 Å². The third-order valence-corrected chi connectivity index (χ3v) is 12.3. The van der Waals surface area contributed by atoms with Gasteiger partial charge in [-0.25, -0.2) is 4.79 Å². The van der Waals surface area contributed by atoms with Gasteiger partial charge in [-0.2, -0.15) is 0 Å². The molecule has 3 fully saturated rings. The second kappa shape index (κ2) is 12.4. The van der Waals surface area contributed by atoms with Gasteiger partial charge in [0, 0.05) is 34.5 Å². The van der Waals surface area contributed by atoms with E-state index in [9.17, 15) is 19.5 Å². The van der Waals surface area contributed by atoms with Gasteiger partial charge in [-0.05, 0) is 62.3 Å². The normalized spacial score (nSPS) is 36.3. The van der Waals surface area contributed by atoms with Crippen LogP contribution in [0.5, 0.6) is 0 Å². The second-order valence-electron chi connectivity index (χ2n) is 14.0. The summed E-state index contributed by atoms with van der Waals surface area (Å²) in [5.74, 6) is -0.143. The summed E-state index contributed by atoms with van der Waals surface area (Å²) >= 11 is 1.41. The number of thioether (sulfide) groups is 1. The number of Topliss-reactive ketones (excluding diaryl/α,β-unsaturated/α-hetero) is 1. The number of amides is 1. The van der Waals surface area contributed by atoms with Crippen molar-refractivity contribution in [3.63, 3.8) is 0 Å². The standard InChI is InChI=1S/C34H49NO6S/c1-8-32(6)18-26(33(7)22(2)14-16-34(23(3)29(32)38)17-15-25(36)28(33)34)41-27(37)20-42-31(4,5)21-35-30(39)40-19-24-12-10-9-11-13-24/h8-13,22-23,26,28-29,38H,1,14-21H2,2-7H3,(H,35,39)/t22-,23+,26-,28+,29+,32-,33+,34+/m1/s1. The fourth-order valence-electron chi connectivity index (χ4n) is 8.06. The molecule has 7 nitrogen and oxygen atoms in total. The molecule has 0 heterocycles. The Hall–Kier alpha value is -2.32. The van der Waals surface area contributed by atoms with E-state index < -0.39 is 33.9 Å². The lowest BCUT2D eigenvalue weighted by Gasteiger charge is -2.61. The van der Waals surface area contributed by atoms with Crippen LogP contribution in [-0.4, -0.2) is 52.2 Å². The van der Waals surface area contributed by atoms with Crippen molar-refractivity contribution in [1.82, 2.24) is 5.32 Å². The SMILES string of the molecule is C=C[C@]1(C)C[C@@H](OC(=O)CSC(C)(C)CNC(=O)OCc2ccccc2)[C@]2(C)[C@H](C)CC[C@]3(CCC(=O)[C@H]32)[C@@H](C)[C@@H]1O. The maximum Gasteiger partial charge on any atom is 0.407 e. The molecule has 8 atom stereocenters. The first-order valence-corrected chi connectivity index (χ1v) is 16.3. The van der Waals surface area contributed by atoms with Crippen molar-refractivity contribution in [2.45, 2.75) is 97.2 Å².